The molecule has 4 rings (SSSR count). The Morgan fingerprint density at radius 3 is 2.84 bits per heavy atom. The normalized spacial score (nSPS) is 14.5. The number of anilines is 1. The maximum atomic E-state index is 12.3. The summed E-state index contributed by atoms with van der Waals surface area (Å²) >= 11 is 5.08. The molecule has 0 atom stereocenters. The summed E-state index contributed by atoms with van der Waals surface area (Å²) < 4.78 is 6.22. The number of benzene rings is 1. The number of nitrogens with zero attached hydrogens (tertiary/aromatic N) is 3. The number of thiophene rings is 1. The van der Waals surface area contributed by atoms with Crippen molar-refractivity contribution in [2.45, 2.75) is 25.8 Å². The Hall–Kier alpha value is -2.56. The molecule has 8 nitrogen and oxygen atoms in total. The van der Waals surface area contributed by atoms with Gasteiger partial charge in [-0.15, -0.1) is 11.3 Å². The Bertz CT molecular complexity index is 1130. The van der Waals surface area contributed by atoms with Crippen LogP contribution in [-0.4, -0.2) is 47.7 Å². The number of carbonyl (C=O) groups is 2. The Labute approximate surface area is 191 Å². The topological polar surface area (TPSA) is 110 Å². The van der Waals surface area contributed by atoms with E-state index < -0.39 is 12.1 Å². The summed E-state index contributed by atoms with van der Waals surface area (Å²) in [6.07, 6.45) is 2.75. The van der Waals surface area contributed by atoms with Crippen LogP contribution < -0.4 is 16.0 Å². The van der Waals surface area contributed by atoms with Crippen molar-refractivity contribution in [2.24, 2.45) is 5.73 Å². The van der Waals surface area contributed by atoms with Gasteiger partial charge in [0.05, 0.1) is 14.9 Å². The molecule has 0 unspecified atom stereocenters. The van der Waals surface area contributed by atoms with Crippen LogP contribution in [0.4, 0.5) is 10.7 Å². The van der Waals surface area contributed by atoms with Crippen LogP contribution in [0.25, 0.3) is 20.7 Å². The number of esters is 1. The average molecular weight is 504 g/mol. The van der Waals surface area contributed by atoms with E-state index in [0.29, 0.717) is 17.4 Å². The molecule has 10 heteroatoms. The molecule has 0 spiro atoms. The van der Waals surface area contributed by atoms with E-state index in [2.05, 4.69) is 42.8 Å². The third-order valence-corrected chi connectivity index (χ3v) is 6.97. The van der Waals surface area contributed by atoms with Crippen molar-refractivity contribution in [1.29, 1.82) is 0 Å². The molecule has 1 aromatic carbocycles. The summed E-state index contributed by atoms with van der Waals surface area (Å²) in [5.74, 6) is -0.0774. The molecule has 1 aliphatic heterocycles. The molecule has 162 valence electrons. The van der Waals surface area contributed by atoms with Gasteiger partial charge in [0.15, 0.2) is 0 Å². The second-order valence-corrected chi connectivity index (χ2v) is 9.11. The van der Waals surface area contributed by atoms with Gasteiger partial charge in [0, 0.05) is 28.9 Å². The minimum Gasteiger partial charge on any atom is -0.373 e. The van der Waals surface area contributed by atoms with Gasteiger partial charge in [0.25, 0.3) is 0 Å². The number of hydrogen-bond donors (Lipinski definition) is 2. The number of nitrogens with one attached hydrogen (secondary N) is 1. The zero-order valence-corrected chi connectivity index (χ0v) is 19.3. The van der Waals surface area contributed by atoms with Crippen LogP contribution >= 0.6 is 27.3 Å². The van der Waals surface area contributed by atoms with Crippen LogP contribution in [0.2, 0.25) is 0 Å². The van der Waals surface area contributed by atoms with Crippen molar-refractivity contribution in [3.8, 4) is 10.6 Å². The fourth-order valence-corrected chi connectivity index (χ4v) is 5.48. The van der Waals surface area contributed by atoms with E-state index in [0.717, 1.165) is 52.2 Å². The zero-order valence-electron chi connectivity index (χ0n) is 16.9. The summed E-state index contributed by atoms with van der Waals surface area (Å²) in [5, 5.41) is 4.08. The summed E-state index contributed by atoms with van der Waals surface area (Å²) in [6.45, 7) is 4.92. The van der Waals surface area contributed by atoms with Crippen molar-refractivity contribution in [3.63, 3.8) is 0 Å². The van der Waals surface area contributed by atoms with Crippen molar-refractivity contribution < 1.29 is 14.3 Å². The Morgan fingerprint density at radius 2 is 2.13 bits per heavy atom. The standard InChI is InChI=1S/C21H22BrN5O3S/c1-2-27(12-6-8-24-9-7-12)21-25-11-15(22)18(26-21)17-10-14-13(19(28)30-20(23)29)4-3-5-16(14)31-17/h3-5,10-12,24H,2,6-9H2,1H3,(H2,23,29). The van der Waals surface area contributed by atoms with E-state index in [1.54, 1.807) is 18.3 Å². The van der Waals surface area contributed by atoms with Gasteiger partial charge in [-0.3, -0.25) is 0 Å². The third kappa shape index (κ3) is 4.56. The minimum absolute atomic E-state index is 0.286. The van der Waals surface area contributed by atoms with Gasteiger partial charge < -0.3 is 20.7 Å². The number of ether oxygens (including phenoxy) is 1. The molecule has 1 amide bonds. The van der Waals surface area contributed by atoms with Gasteiger partial charge in [0.1, 0.15) is 5.69 Å². The van der Waals surface area contributed by atoms with Crippen molar-refractivity contribution in [1.82, 2.24) is 15.3 Å². The number of primary amides is 1. The Morgan fingerprint density at radius 1 is 1.35 bits per heavy atom. The molecule has 3 N–H and O–H groups in total. The van der Waals surface area contributed by atoms with Gasteiger partial charge in [-0.1, -0.05) is 6.07 Å². The fraction of sp³-hybridized carbons (Fsp3) is 0.333. The number of rotatable bonds is 5. The molecule has 0 saturated carbocycles. The summed E-state index contributed by atoms with van der Waals surface area (Å²) in [4.78, 5) is 35.8. The number of piperidine rings is 1. The maximum absolute atomic E-state index is 12.3. The van der Waals surface area contributed by atoms with Crippen molar-refractivity contribution >= 4 is 55.4 Å². The van der Waals surface area contributed by atoms with Crippen molar-refractivity contribution in [3.05, 3.63) is 40.5 Å². The lowest BCUT2D eigenvalue weighted by Crippen LogP contribution is -2.44. The van der Waals surface area contributed by atoms with Crippen LogP contribution in [0.3, 0.4) is 0 Å². The van der Waals surface area contributed by atoms with Crippen LogP contribution in [0.5, 0.6) is 0 Å². The summed E-state index contributed by atoms with van der Waals surface area (Å²) in [7, 11) is 0. The number of hydrogen-bond acceptors (Lipinski definition) is 8. The fourth-order valence-electron chi connectivity index (χ4n) is 3.85. The van der Waals surface area contributed by atoms with E-state index in [9.17, 15) is 9.59 Å². The molecule has 0 aliphatic carbocycles. The second kappa shape index (κ2) is 9.29. The zero-order chi connectivity index (χ0) is 22.0. The highest BCUT2D eigenvalue weighted by atomic mass is 79.9. The van der Waals surface area contributed by atoms with Gasteiger partial charge in [0.2, 0.25) is 5.95 Å². The molecule has 31 heavy (non-hydrogen) atoms. The Kier molecular flexibility index (Phi) is 6.49. The number of fused-ring (bicyclic) bond motifs is 1. The highest BCUT2D eigenvalue weighted by Gasteiger charge is 2.24. The van der Waals surface area contributed by atoms with Crippen molar-refractivity contribution in [2.75, 3.05) is 24.5 Å². The molecular formula is C21H22BrN5O3S. The monoisotopic (exact) mass is 503 g/mol. The molecule has 0 radical (unpaired) electrons. The molecule has 2 aromatic heterocycles. The van der Waals surface area contributed by atoms with E-state index >= 15 is 0 Å². The van der Waals surface area contributed by atoms with Crippen LogP contribution in [0.1, 0.15) is 30.1 Å². The number of carbonyl (C=O) groups excluding carboxylic acids is 2. The second-order valence-electron chi connectivity index (χ2n) is 7.17. The van der Waals surface area contributed by atoms with Crippen LogP contribution in [0, 0.1) is 0 Å². The maximum Gasteiger partial charge on any atom is 0.412 e. The van der Waals surface area contributed by atoms with Gasteiger partial charge in [-0.25, -0.2) is 19.6 Å². The first kappa shape index (κ1) is 21.7. The van der Waals surface area contributed by atoms with Crippen LogP contribution in [0.15, 0.2) is 34.9 Å². The van der Waals surface area contributed by atoms with Gasteiger partial charge >= 0.3 is 12.1 Å². The molecule has 0 bridgehead atoms. The quantitative estimate of drug-likeness (QED) is 0.400. The lowest BCUT2D eigenvalue weighted by Gasteiger charge is -2.34. The highest BCUT2D eigenvalue weighted by Crippen LogP contribution is 2.38. The van der Waals surface area contributed by atoms with E-state index in [1.165, 1.54) is 11.3 Å². The first-order valence-electron chi connectivity index (χ1n) is 10.0. The summed E-state index contributed by atoms with van der Waals surface area (Å²) in [5.41, 5.74) is 6.04. The largest absolute Gasteiger partial charge is 0.412 e. The molecule has 1 saturated heterocycles. The number of nitrogens with two attached hydrogens (primary N) is 1. The highest BCUT2D eigenvalue weighted by molar-refractivity contribution is 9.10. The SMILES string of the molecule is CCN(c1ncc(Br)c(-c2cc3c(C(=O)OC(N)=O)cccc3s2)n1)C1CCNCC1. The Balaban J connectivity index is 1.73. The minimum atomic E-state index is -1.13. The molecule has 1 fully saturated rings. The predicted octanol–water partition coefficient (Wildman–Crippen LogP) is 3.93. The average Bonchev–Trinajstić information content (AvgIpc) is 3.19. The summed E-state index contributed by atoms with van der Waals surface area (Å²) in [6, 6.07) is 7.55. The van der Waals surface area contributed by atoms with Gasteiger partial charge in [-0.05, 0) is 67.0 Å². The number of halogens is 1. The molecule has 1 aliphatic rings. The van der Waals surface area contributed by atoms with E-state index in [1.807, 2.05) is 12.1 Å². The molecule has 3 heterocycles. The van der Waals surface area contributed by atoms with Crippen LogP contribution in [-0.2, 0) is 4.74 Å². The number of aromatic nitrogens is 2. The molecular weight excluding hydrogens is 482 g/mol. The lowest BCUT2D eigenvalue weighted by atomic mass is 10.1. The predicted molar refractivity (Wildman–Crippen MR) is 124 cm³/mol. The van der Waals surface area contributed by atoms with E-state index in [-0.39, 0.29) is 5.56 Å². The third-order valence-electron chi connectivity index (χ3n) is 5.29. The lowest BCUT2D eigenvalue weighted by molar-refractivity contribution is 0.0640. The number of amides is 1. The smallest absolute Gasteiger partial charge is 0.373 e. The molecule has 3 aromatic rings. The van der Waals surface area contributed by atoms with Gasteiger partial charge in [-0.2, -0.15) is 0 Å². The first-order chi connectivity index (χ1) is 15.0. The van der Waals surface area contributed by atoms with E-state index in [4.69, 9.17) is 10.7 Å². The first-order valence-corrected chi connectivity index (χ1v) is 11.6.